The number of aliphatic hydroxyl groups is 1. The van der Waals surface area contributed by atoms with Crippen molar-refractivity contribution in [2.45, 2.75) is 37.1 Å². The fourth-order valence-corrected chi connectivity index (χ4v) is 5.50. The van der Waals surface area contributed by atoms with Gasteiger partial charge >= 0.3 is 0 Å². The smallest absolute Gasteiger partial charge is 0.268 e. The topological polar surface area (TPSA) is 259 Å². The van der Waals surface area contributed by atoms with E-state index >= 15 is 0 Å². The van der Waals surface area contributed by atoms with Crippen LogP contribution in [-0.2, 0) is 42.2 Å². The van der Waals surface area contributed by atoms with Crippen molar-refractivity contribution in [2.75, 3.05) is 19.6 Å². The number of β-amino-alcohol motifs (C(OH)–C–C–N with tert-alkyl or cyclic N) is 1. The third kappa shape index (κ3) is 9.33. The van der Waals surface area contributed by atoms with Crippen LogP contribution >= 0.6 is 27.5 Å². The molecule has 48 heavy (non-hydrogen) atoms. The highest BCUT2D eigenvalue weighted by Crippen LogP contribution is 2.24. The second kappa shape index (κ2) is 15.8. The van der Waals surface area contributed by atoms with E-state index in [1.807, 2.05) is 18.2 Å². The standard InChI is InChI=1S/C29H33BrClN9O8/c1-40-12-15(31)6-21(40)28(47)36-11-24(43)37-20-9-34-25(44)18(4-13-8-33-17-3-2-14(30)5-16(13)17)39-29(48)22(41)10-35-26(45)19(7-23(32)42)38-27(20)46/h2-3,5-6,8,12,18-20,22,33,41H,4,7,9-11H2,1H3,(H2,32,42)(H,34,44)(H,35,45)(H,36,47)(H,37,43)(H,38,46)(H,39,48)/t18?,19?,20?,22-/m0/s1. The predicted molar refractivity (Wildman–Crippen MR) is 174 cm³/mol. The minimum absolute atomic E-state index is 0.0494. The van der Waals surface area contributed by atoms with Crippen molar-refractivity contribution in [3.63, 3.8) is 0 Å². The molecule has 1 aromatic carbocycles. The molecule has 1 fully saturated rings. The number of nitrogens with one attached hydrogen (secondary N) is 7. The maximum Gasteiger partial charge on any atom is 0.268 e. The number of nitrogens with two attached hydrogens (primary N) is 1. The van der Waals surface area contributed by atoms with Gasteiger partial charge in [-0.05, 0) is 29.8 Å². The molecule has 17 nitrogen and oxygen atoms in total. The summed E-state index contributed by atoms with van der Waals surface area (Å²) in [7, 11) is 1.58. The molecule has 0 radical (unpaired) electrons. The fraction of sp³-hybridized carbons (Fsp3) is 0.345. The summed E-state index contributed by atoms with van der Waals surface area (Å²) < 4.78 is 2.22. The van der Waals surface area contributed by atoms with Crippen LogP contribution in [0.15, 0.2) is 41.1 Å². The van der Waals surface area contributed by atoms with Gasteiger partial charge in [-0.25, -0.2) is 0 Å². The zero-order valence-electron chi connectivity index (χ0n) is 25.4. The van der Waals surface area contributed by atoms with Gasteiger partial charge in [-0.15, -0.1) is 0 Å². The van der Waals surface area contributed by atoms with Gasteiger partial charge in [0.15, 0.2) is 0 Å². The quantitative estimate of drug-likeness (QED) is 0.122. The number of halogens is 2. The Morgan fingerprint density at radius 3 is 2.40 bits per heavy atom. The number of carbonyl (C=O) groups is 7. The van der Waals surface area contributed by atoms with Gasteiger partial charge in [-0.1, -0.05) is 27.5 Å². The van der Waals surface area contributed by atoms with Crippen molar-refractivity contribution in [2.24, 2.45) is 12.8 Å². The number of rotatable bonds is 8. The van der Waals surface area contributed by atoms with Crippen LogP contribution in [0.5, 0.6) is 0 Å². The molecule has 1 aliphatic rings. The Labute approximate surface area is 286 Å². The number of aromatic nitrogens is 2. The third-order valence-corrected chi connectivity index (χ3v) is 8.04. The lowest BCUT2D eigenvalue weighted by atomic mass is 10.0. The Kier molecular flexibility index (Phi) is 11.8. The largest absolute Gasteiger partial charge is 0.381 e. The second-order valence-corrected chi connectivity index (χ2v) is 12.3. The molecule has 4 atom stereocenters. The molecule has 256 valence electrons. The highest BCUT2D eigenvalue weighted by atomic mass is 79.9. The number of hydrogen-bond donors (Lipinski definition) is 9. The SMILES string of the molecule is Cn1cc(Cl)cc1C(=O)NCC(=O)NC1CNC(=O)C(Cc2c[nH]c3ccc(Br)cc23)NC(=O)[C@@H](O)CNC(=O)C(CC(N)=O)NC1=O. The van der Waals surface area contributed by atoms with Crippen molar-refractivity contribution in [3.05, 3.63) is 57.4 Å². The molecule has 1 aliphatic heterocycles. The van der Waals surface area contributed by atoms with Crippen LogP contribution in [0.1, 0.15) is 22.5 Å². The van der Waals surface area contributed by atoms with Crippen molar-refractivity contribution < 1.29 is 38.7 Å². The van der Waals surface area contributed by atoms with Crippen LogP contribution in [0.25, 0.3) is 10.9 Å². The molecule has 0 saturated carbocycles. The van der Waals surface area contributed by atoms with E-state index in [4.69, 9.17) is 17.3 Å². The summed E-state index contributed by atoms with van der Waals surface area (Å²) in [5.74, 6) is -6.11. The number of primary amides is 1. The minimum atomic E-state index is -1.80. The average molecular weight is 751 g/mol. The summed E-state index contributed by atoms with van der Waals surface area (Å²) in [4.78, 5) is 92.8. The number of amides is 7. The van der Waals surface area contributed by atoms with E-state index in [-0.39, 0.29) is 12.1 Å². The van der Waals surface area contributed by atoms with Gasteiger partial charge in [0.2, 0.25) is 29.5 Å². The van der Waals surface area contributed by atoms with Crippen LogP contribution < -0.4 is 37.6 Å². The summed E-state index contributed by atoms with van der Waals surface area (Å²) in [5.41, 5.74) is 6.82. The highest BCUT2D eigenvalue weighted by molar-refractivity contribution is 9.10. The molecule has 4 rings (SSSR count). The minimum Gasteiger partial charge on any atom is -0.381 e. The first-order valence-corrected chi connectivity index (χ1v) is 15.7. The summed E-state index contributed by atoms with van der Waals surface area (Å²) in [5, 5.41) is 25.9. The number of aryl methyl sites for hydroxylation is 1. The lowest BCUT2D eigenvalue weighted by Gasteiger charge is -2.26. The zero-order chi connectivity index (χ0) is 35.1. The normalized spacial score (nSPS) is 20.9. The van der Waals surface area contributed by atoms with E-state index in [1.54, 1.807) is 13.2 Å². The lowest BCUT2D eigenvalue weighted by molar-refractivity contribution is -0.136. The van der Waals surface area contributed by atoms with Crippen molar-refractivity contribution in [1.29, 1.82) is 0 Å². The van der Waals surface area contributed by atoms with E-state index in [1.165, 1.54) is 16.8 Å². The molecule has 3 aromatic rings. The molecule has 0 spiro atoms. The number of carbonyl (C=O) groups excluding carboxylic acids is 7. The lowest BCUT2D eigenvalue weighted by Crippen LogP contribution is -2.61. The maximum atomic E-state index is 13.5. The van der Waals surface area contributed by atoms with Gasteiger partial charge in [0.1, 0.15) is 29.9 Å². The monoisotopic (exact) mass is 749 g/mol. The Morgan fingerprint density at radius 1 is 1.02 bits per heavy atom. The highest BCUT2D eigenvalue weighted by Gasteiger charge is 2.32. The summed E-state index contributed by atoms with van der Waals surface area (Å²) in [6.07, 6.45) is 0.636. The summed E-state index contributed by atoms with van der Waals surface area (Å²) in [6.45, 7) is -1.76. The molecule has 2 aromatic heterocycles. The van der Waals surface area contributed by atoms with Crippen LogP contribution in [0.2, 0.25) is 5.02 Å². The van der Waals surface area contributed by atoms with E-state index < -0.39 is 91.6 Å². The first-order chi connectivity index (χ1) is 22.7. The molecule has 7 amide bonds. The number of H-pyrrole nitrogens is 1. The zero-order valence-corrected chi connectivity index (χ0v) is 27.7. The molecular formula is C29H33BrClN9O8. The van der Waals surface area contributed by atoms with E-state index in [0.717, 1.165) is 15.4 Å². The summed E-state index contributed by atoms with van der Waals surface area (Å²) >= 11 is 9.33. The first kappa shape index (κ1) is 35.9. The van der Waals surface area contributed by atoms with E-state index in [2.05, 4.69) is 52.8 Å². The molecule has 3 unspecified atom stereocenters. The Morgan fingerprint density at radius 2 is 1.71 bits per heavy atom. The van der Waals surface area contributed by atoms with Gasteiger partial charge in [0.25, 0.3) is 11.8 Å². The Bertz CT molecular complexity index is 1760. The molecule has 0 bridgehead atoms. The number of aromatic amines is 1. The van der Waals surface area contributed by atoms with Crippen molar-refractivity contribution in [1.82, 2.24) is 41.5 Å². The van der Waals surface area contributed by atoms with Gasteiger partial charge < -0.3 is 52.3 Å². The molecule has 0 aliphatic carbocycles. The van der Waals surface area contributed by atoms with Gasteiger partial charge in [0, 0.05) is 47.8 Å². The fourth-order valence-electron chi connectivity index (χ4n) is 4.89. The van der Waals surface area contributed by atoms with Crippen LogP contribution in [-0.4, -0.2) is 99.9 Å². The Balaban J connectivity index is 1.56. The molecule has 3 heterocycles. The third-order valence-electron chi connectivity index (χ3n) is 7.34. The molecule has 1 saturated heterocycles. The molecule has 19 heteroatoms. The number of benzene rings is 1. The van der Waals surface area contributed by atoms with Crippen LogP contribution in [0, 0.1) is 0 Å². The second-order valence-electron chi connectivity index (χ2n) is 11.0. The van der Waals surface area contributed by atoms with Crippen molar-refractivity contribution in [3.8, 4) is 0 Å². The maximum absolute atomic E-state index is 13.5. The van der Waals surface area contributed by atoms with E-state index in [0.29, 0.717) is 10.6 Å². The number of fused-ring (bicyclic) bond motifs is 1. The number of aliphatic hydroxyl groups excluding tert-OH is 1. The van der Waals surface area contributed by atoms with E-state index in [9.17, 15) is 38.7 Å². The first-order valence-electron chi connectivity index (χ1n) is 14.5. The summed E-state index contributed by atoms with van der Waals surface area (Å²) in [6, 6.07) is 2.48. The van der Waals surface area contributed by atoms with Gasteiger partial charge in [-0.2, -0.15) is 0 Å². The van der Waals surface area contributed by atoms with Crippen molar-refractivity contribution >= 4 is 79.8 Å². The van der Waals surface area contributed by atoms with Gasteiger partial charge in [-0.3, -0.25) is 33.6 Å². The van der Waals surface area contributed by atoms with Crippen LogP contribution in [0.3, 0.4) is 0 Å². The average Bonchev–Trinajstić information content (AvgIpc) is 3.59. The van der Waals surface area contributed by atoms with Crippen LogP contribution in [0.4, 0.5) is 0 Å². The molecule has 10 N–H and O–H groups in total. The number of hydrogen-bond acceptors (Lipinski definition) is 8. The predicted octanol–water partition coefficient (Wildman–Crippen LogP) is -2.17. The van der Waals surface area contributed by atoms with Gasteiger partial charge in [0.05, 0.1) is 24.5 Å². The number of nitrogens with zero attached hydrogens (tertiary/aromatic N) is 1. The molecular weight excluding hydrogens is 718 g/mol. The Hall–Kier alpha value is -4.94.